The van der Waals surface area contributed by atoms with Crippen LogP contribution >= 0.6 is 11.6 Å². The van der Waals surface area contributed by atoms with Gasteiger partial charge in [0.15, 0.2) is 11.5 Å². The maximum Gasteiger partial charge on any atom is 0.387 e. The molecule has 1 aliphatic heterocycles. The number of ether oxygens (including phenoxy) is 2. The van der Waals surface area contributed by atoms with Gasteiger partial charge in [-0.05, 0) is 42.3 Å². The van der Waals surface area contributed by atoms with Crippen LogP contribution in [0.4, 0.5) is 8.78 Å². The largest absolute Gasteiger partial charge is 0.493 e. The Balaban J connectivity index is 1.65. The summed E-state index contributed by atoms with van der Waals surface area (Å²) in [6.45, 7) is 0.554. The summed E-state index contributed by atoms with van der Waals surface area (Å²) in [4.78, 5) is 16.9. The quantitative estimate of drug-likeness (QED) is 0.693. The minimum absolute atomic E-state index is 0.146. The zero-order chi connectivity index (χ0) is 20.8. The summed E-state index contributed by atoms with van der Waals surface area (Å²) >= 11 is 5.93. The molecule has 3 rings (SSSR count). The zero-order valence-electron chi connectivity index (χ0n) is 16.1. The second-order valence-corrected chi connectivity index (χ2v) is 7.23. The van der Waals surface area contributed by atoms with Gasteiger partial charge in [0, 0.05) is 43.3 Å². The van der Waals surface area contributed by atoms with Crippen molar-refractivity contribution in [3.63, 3.8) is 0 Å². The first-order valence-corrected chi connectivity index (χ1v) is 9.73. The Kier molecular flexibility index (Phi) is 7.28. The van der Waals surface area contributed by atoms with Gasteiger partial charge in [-0.25, -0.2) is 0 Å². The van der Waals surface area contributed by atoms with E-state index in [0.717, 1.165) is 31.6 Å². The van der Waals surface area contributed by atoms with Crippen LogP contribution < -0.4 is 9.47 Å². The molecule has 1 aliphatic rings. The molecule has 156 valence electrons. The van der Waals surface area contributed by atoms with E-state index in [-0.39, 0.29) is 17.4 Å². The minimum atomic E-state index is -2.99. The SMILES string of the molecule is COc1ccc(C(=O)N2CCCN(Cc3ccc(Cl)cc3)CC2)cc1OC(F)F. The number of amides is 1. The molecule has 29 heavy (non-hydrogen) atoms. The van der Waals surface area contributed by atoms with Gasteiger partial charge in [-0.15, -0.1) is 0 Å². The predicted octanol–water partition coefficient (Wildman–Crippen LogP) is 4.30. The van der Waals surface area contributed by atoms with Crippen LogP contribution in [0.1, 0.15) is 22.3 Å². The smallest absolute Gasteiger partial charge is 0.387 e. The van der Waals surface area contributed by atoms with E-state index in [1.165, 1.54) is 19.2 Å². The van der Waals surface area contributed by atoms with Gasteiger partial charge >= 0.3 is 6.61 Å². The number of hydrogen-bond acceptors (Lipinski definition) is 4. The molecule has 8 heteroatoms. The first-order valence-electron chi connectivity index (χ1n) is 9.35. The van der Waals surface area contributed by atoms with Crippen molar-refractivity contribution in [2.75, 3.05) is 33.3 Å². The molecule has 0 saturated carbocycles. The lowest BCUT2D eigenvalue weighted by atomic mass is 10.1. The van der Waals surface area contributed by atoms with E-state index in [4.69, 9.17) is 16.3 Å². The van der Waals surface area contributed by atoms with Gasteiger partial charge in [0.25, 0.3) is 5.91 Å². The van der Waals surface area contributed by atoms with E-state index in [0.29, 0.717) is 23.7 Å². The fourth-order valence-corrected chi connectivity index (χ4v) is 3.49. The van der Waals surface area contributed by atoms with Crippen molar-refractivity contribution in [3.05, 3.63) is 58.6 Å². The number of carbonyl (C=O) groups is 1. The number of nitrogens with zero attached hydrogens (tertiary/aromatic N) is 2. The Bertz CT molecular complexity index is 833. The van der Waals surface area contributed by atoms with Gasteiger partial charge in [-0.1, -0.05) is 23.7 Å². The van der Waals surface area contributed by atoms with Crippen molar-refractivity contribution >= 4 is 17.5 Å². The molecule has 2 aromatic rings. The topological polar surface area (TPSA) is 42.0 Å². The first kappa shape index (κ1) is 21.3. The molecule has 0 aliphatic carbocycles. The molecule has 0 spiro atoms. The Morgan fingerprint density at radius 1 is 1.07 bits per heavy atom. The van der Waals surface area contributed by atoms with Crippen LogP contribution in [0.2, 0.25) is 5.02 Å². The molecule has 2 aromatic carbocycles. The highest BCUT2D eigenvalue weighted by atomic mass is 35.5. The molecule has 1 heterocycles. The molecule has 0 unspecified atom stereocenters. The Labute approximate surface area is 173 Å². The number of alkyl halides is 2. The number of hydrogen-bond donors (Lipinski definition) is 0. The molecule has 0 aromatic heterocycles. The van der Waals surface area contributed by atoms with Crippen molar-refractivity contribution in [3.8, 4) is 11.5 Å². The Morgan fingerprint density at radius 3 is 2.52 bits per heavy atom. The average molecular weight is 425 g/mol. The van der Waals surface area contributed by atoms with Crippen molar-refractivity contribution in [2.45, 2.75) is 19.6 Å². The summed E-state index contributed by atoms with van der Waals surface area (Å²) in [6, 6.07) is 12.1. The van der Waals surface area contributed by atoms with Crippen molar-refractivity contribution in [1.82, 2.24) is 9.80 Å². The second kappa shape index (κ2) is 9.89. The summed E-state index contributed by atoms with van der Waals surface area (Å²) < 4.78 is 34.8. The van der Waals surface area contributed by atoms with Gasteiger partial charge in [0.05, 0.1) is 7.11 Å². The lowest BCUT2D eigenvalue weighted by Gasteiger charge is -2.22. The lowest BCUT2D eigenvalue weighted by molar-refractivity contribution is -0.0512. The van der Waals surface area contributed by atoms with E-state index in [1.54, 1.807) is 11.0 Å². The average Bonchev–Trinajstić information content (AvgIpc) is 2.94. The molecule has 1 fully saturated rings. The molecule has 0 N–H and O–H groups in total. The fourth-order valence-electron chi connectivity index (χ4n) is 3.36. The number of carbonyl (C=O) groups excluding carboxylic acids is 1. The van der Waals surface area contributed by atoms with Crippen LogP contribution in [0.3, 0.4) is 0 Å². The summed E-state index contributed by atoms with van der Waals surface area (Å²) in [5, 5.41) is 0.705. The number of rotatable bonds is 6. The van der Waals surface area contributed by atoms with E-state index in [2.05, 4.69) is 9.64 Å². The van der Waals surface area contributed by atoms with E-state index in [1.807, 2.05) is 24.3 Å². The van der Waals surface area contributed by atoms with Gasteiger partial charge in [0.1, 0.15) is 0 Å². The highest BCUT2D eigenvalue weighted by molar-refractivity contribution is 6.30. The highest BCUT2D eigenvalue weighted by Crippen LogP contribution is 2.30. The zero-order valence-corrected chi connectivity index (χ0v) is 16.9. The summed E-state index contributed by atoms with van der Waals surface area (Å²) in [7, 11) is 1.36. The fraction of sp³-hybridized carbons (Fsp3) is 0.381. The number of halogens is 3. The molecule has 1 saturated heterocycles. The third kappa shape index (κ3) is 5.81. The van der Waals surface area contributed by atoms with Crippen LogP contribution in [0.5, 0.6) is 11.5 Å². The van der Waals surface area contributed by atoms with E-state index in [9.17, 15) is 13.6 Å². The van der Waals surface area contributed by atoms with Gasteiger partial charge < -0.3 is 14.4 Å². The summed E-state index contributed by atoms with van der Waals surface area (Å²) in [5.74, 6) is -0.195. The third-order valence-corrected chi connectivity index (χ3v) is 5.07. The van der Waals surface area contributed by atoms with Gasteiger partial charge in [0.2, 0.25) is 0 Å². The maximum absolute atomic E-state index is 12.9. The lowest BCUT2D eigenvalue weighted by Crippen LogP contribution is -2.35. The number of methoxy groups -OCH3 is 1. The molecule has 1 amide bonds. The second-order valence-electron chi connectivity index (χ2n) is 6.79. The van der Waals surface area contributed by atoms with Crippen molar-refractivity contribution < 1.29 is 23.0 Å². The Hall–Kier alpha value is -2.38. The summed E-state index contributed by atoms with van der Waals surface area (Å²) in [6.07, 6.45) is 0.829. The van der Waals surface area contributed by atoms with Crippen LogP contribution in [-0.2, 0) is 6.54 Å². The molecular formula is C21H23ClF2N2O3. The minimum Gasteiger partial charge on any atom is -0.493 e. The molecular weight excluding hydrogens is 402 g/mol. The molecule has 0 radical (unpaired) electrons. The van der Waals surface area contributed by atoms with E-state index >= 15 is 0 Å². The third-order valence-electron chi connectivity index (χ3n) is 4.82. The molecule has 0 bridgehead atoms. The van der Waals surface area contributed by atoms with Crippen molar-refractivity contribution in [1.29, 1.82) is 0 Å². The van der Waals surface area contributed by atoms with Crippen LogP contribution in [0, 0.1) is 0 Å². The standard InChI is InChI=1S/C21H23ClF2N2O3/c1-28-18-8-5-16(13-19(18)29-21(23)24)20(27)26-10-2-9-25(11-12-26)14-15-3-6-17(22)7-4-15/h3-8,13,21H,2,9-12,14H2,1H3. The molecule has 5 nitrogen and oxygen atoms in total. The van der Waals surface area contributed by atoms with E-state index < -0.39 is 6.61 Å². The Morgan fingerprint density at radius 2 is 1.83 bits per heavy atom. The highest BCUT2D eigenvalue weighted by Gasteiger charge is 2.22. The van der Waals surface area contributed by atoms with Gasteiger partial charge in [-0.2, -0.15) is 8.78 Å². The van der Waals surface area contributed by atoms with Crippen LogP contribution in [0.15, 0.2) is 42.5 Å². The van der Waals surface area contributed by atoms with Crippen molar-refractivity contribution in [2.24, 2.45) is 0 Å². The number of benzene rings is 2. The molecule has 0 atom stereocenters. The van der Waals surface area contributed by atoms with Gasteiger partial charge in [-0.3, -0.25) is 9.69 Å². The maximum atomic E-state index is 12.9. The summed E-state index contributed by atoms with van der Waals surface area (Å²) in [5.41, 5.74) is 1.46. The monoisotopic (exact) mass is 424 g/mol. The normalized spacial score (nSPS) is 15.3. The van der Waals surface area contributed by atoms with Crippen LogP contribution in [-0.4, -0.2) is 55.6 Å². The predicted molar refractivity (Wildman–Crippen MR) is 107 cm³/mol. The van der Waals surface area contributed by atoms with Crippen LogP contribution in [0.25, 0.3) is 0 Å². The first-order chi connectivity index (χ1) is 14.0.